The number of fused-ring (bicyclic) bond motifs is 6. The fourth-order valence-electron chi connectivity index (χ4n) is 3.82. The molecule has 9 heteroatoms. The third kappa shape index (κ3) is 3.80. The van der Waals surface area contributed by atoms with Gasteiger partial charge in [-0.2, -0.15) is 0 Å². The van der Waals surface area contributed by atoms with Crippen LogP contribution in [0.5, 0.6) is 5.75 Å². The van der Waals surface area contributed by atoms with Gasteiger partial charge < -0.3 is 9.84 Å². The van der Waals surface area contributed by atoms with E-state index < -0.39 is 32.5 Å². The van der Waals surface area contributed by atoms with Crippen LogP contribution in [0.2, 0.25) is 5.02 Å². The van der Waals surface area contributed by atoms with Gasteiger partial charge in [-0.25, -0.2) is 17.6 Å². The van der Waals surface area contributed by atoms with Crippen molar-refractivity contribution in [3.05, 3.63) is 76.1 Å². The summed E-state index contributed by atoms with van der Waals surface area (Å²) in [6, 6.07) is 11.6. The van der Waals surface area contributed by atoms with E-state index >= 15 is 0 Å². The number of esters is 1. The van der Waals surface area contributed by atoms with Gasteiger partial charge in [0.1, 0.15) is 17.3 Å². The number of hydrogen-bond donors (Lipinski definition) is 2. The normalized spacial score (nSPS) is 17.1. The van der Waals surface area contributed by atoms with Gasteiger partial charge in [-0.15, -0.1) is 0 Å². The Morgan fingerprint density at radius 2 is 1.84 bits per heavy atom. The number of nitrogens with one attached hydrogen (secondary N) is 1. The van der Waals surface area contributed by atoms with Crippen LogP contribution in [0.15, 0.2) is 53.4 Å². The third-order valence-corrected chi connectivity index (χ3v) is 7.23. The molecule has 2 aliphatic rings. The summed E-state index contributed by atoms with van der Waals surface area (Å²) in [6.07, 6.45) is 1.98. The molecule has 0 amide bonds. The fraction of sp³-hybridized carbons (Fsp3) is 0.174. The molecule has 0 atom stereocenters. The lowest BCUT2D eigenvalue weighted by atomic mass is 9.96. The van der Waals surface area contributed by atoms with Crippen molar-refractivity contribution in [2.75, 3.05) is 4.72 Å². The standard InChI is InChI=1S/C23H17ClFNO5S/c24-20-9-15-10-21(22(20)27)32(29,30)26-18-7-13(12-1-2-12)5-14(8-18)19-4-3-17(25)6-16(19)11-31-23(15)28/h3-10,12,26-27H,1-2,11H2. The Morgan fingerprint density at radius 3 is 2.59 bits per heavy atom. The fourth-order valence-corrected chi connectivity index (χ4v) is 5.28. The summed E-state index contributed by atoms with van der Waals surface area (Å²) in [5.41, 5.74) is 2.78. The average Bonchev–Trinajstić information content (AvgIpc) is 3.58. The minimum Gasteiger partial charge on any atom is -0.505 e. The molecule has 164 valence electrons. The Morgan fingerprint density at radius 1 is 1.06 bits per heavy atom. The van der Waals surface area contributed by atoms with Gasteiger partial charge in [0.05, 0.1) is 10.6 Å². The molecule has 1 heterocycles. The first-order valence-corrected chi connectivity index (χ1v) is 11.7. The number of carbonyl (C=O) groups is 1. The summed E-state index contributed by atoms with van der Waals surface area (Å²) in [5, 5.41) is 9.98. The predicted molar refractivity (Wildman–Crippen MR) is 117 cm³/mol. The zero-order valence-corrected chi connectivity index (χ0v) is 18.1. The maximum atomic E-state index is 14.0. The molecule has 0 radical (unpaired) electrons. The van der Waals surface area contributed by atoms with Crippen LogP contribution >= 0.6 is 11.6 Å². The van der Waals surface area contributed by atoms with Crippen LogP contribution in [0.1, 0.15) is 40.2 Å². The highest BCUT2D eigenvalue weighted by atomic mass is 35.5. The van der Waals surface area contributed by atoms with Crippen molar-refractivity contribution in [2.45, 2.75) is 30.3 Å². The van der Waals surface area contributed by atoms with Gasteiger partial charge in [0.15, 0.2) is 5.75 Å². The molecular weight excluding hydrogens is 457 g/mol. The highest BCUT2D eigenvalue weighted by Gasteiger charge is 2.28. The minimum atomic E-state index is -4.29. The van der Waals surface area contributed by atoms with Crippen molar-refractivity contribution < 1.29 is 27.4 Å². The SMILES string of the molecule is O=C1OCc2cc(F)ccc2-c2cc(cc(C3CC3)c2)NS(=O)(=O)c2cc1cc(Cl)c2O. The number of anilines is 1. The molecule has 1 aliphatic carbocycles. The van der Waals surface area contributed by atoms with E-state index in [9.17, 15) is 22.7 Å². The molecular formula is C23H17ClFNO5S. The van der Waals surface area contributed by atoms with Gasteiger partial charge >= 0.3 is 5.97 Å². The van der Waals surface area contributed by atoms with Crippen molar-refractivity contribution in [3.8, 4) is 16.9 Å². The van der Waals surface area contributed by atoms with Crippen molar-refractivity contribution in [1.29, 1.82) is 0 Å². The van der Waals surface area contributed by atoms with Crippen LogP contribution in [0.3, 0.4) is 0 Å². The van der Waals surface area contributed by atoms with Gasteiger partial charge in [0.2, 0.25) is 0 Å². The number of phenols is 1. The second-order valence-electron chi connectivity index (χ2n) is 7.91. The maximum absolute atomic E-state index is 14.0. The zero-order chi connectivity index (χ0) is 22.6. The summed E-state index contributed by atoms with van der Waals surface area (Å²) in [7, 11) is -4.29. The zero-order valence-electron chi connectivity index (χ0n) is 16.6. The Balaban J connectivity index is 1.76. The van der Waals surface area contributed by atoms with E-state index in [0.717, 1.165) is 30.5 Å². The molecule has 3 aromatic carbocycles. The van der Waals surface area contributed by atoms with E-state index in [1.54, 1.807) is 18.2 Å². The molecule has 1 fully saturated rings. The Kier molecular flexibility index (Phi) is 4.87. The van der Waals surface area contributed by atoms with Crippen LogP contribution in [-0.2, 0) is 21.4 Å². The third-order valence-electron chi connectivity index (χ3n) is 5.55. The second-order valence-corrected chi connectivity index (χ2v) is 9.96. The van der Waals surface area contributed by atoms with Gasteiger partial charge in [-0.3, -0.25) is 4.72 Å². The van der Waals surface area contributed by atoms with E-state index in [2.05, 4.69) is 4.72 Å². The first kappa shape index (κ1) is 20.8. The van der Waals surface area contributed by atoms with Crippen LogP contribution in [0.4, 0.5) is 10.1 Å². The van der Waals surface area contributed by atoms with E-state index in [0.29, 0.717) is 22.6 Å². The monoisotopic (exact) mass is 473 g/mol. The van der Waals surface area contributed by atoms with Gasteiger partial charge in [-0.1, -0.05) is 23.7 Å². The molecule has 0 spiro atoms. The lowest BCUT2D eigenvalue weighted by Crippen LogP contribution is -2.15. The summed E-state index contributed by atoms with van der Waals surface area (Å²) >= 11 is 5.99. The topological polar surface area (TPSA) is 92.7 Å². The summed E-state index contributed by atoms with van der Waals surface area (Å²) in [5.74, 6) is -1.71. The highest BCUT2D eigenvalue weighted by molar-refractivity contribution is 7.92. The number of benzene rings is 3. The maximum Gasteiger partial charge on any atom is 0.338 e. The molecule has 4 bridgehead atoms. The quantitative estimate of drug-likeness (QED) is 0.474. The lowest BCUT2D eigenvalue weighted by molar-refractivity contribution is 0.0472. The lowest BCUT2D eigenvalue weighted by Gasteiger charge is -2.15. The number of hydrogen-bond acceptors (Lipinski definition) is 5. The Labute approximate surface area is 188 Å². The largest absolute Gasteiger partial charge is 0.505 e. The first-order chi connectivity index (χ1) is 15.2. The number of rotatable bonds is 1. The van der Waals surface area contributed by atoms with Crippen molar-refractivity contribution in [2.24, 2.45) is 0 Å². The van der Waals surface area contributed by atoms with Gasteiger partial charge in [0.25, 0.3) is 10.0 Å². The molecule has 5 rings (SSSR count). The molecule has 3 aromatic rings. The number of halogens is 2. The molecule has 2 N–H and O–H groups in total. The smallest absolute Gasteiger partial charge is 0.338 e. The molecule has 32 heavy (non-hydrogen) atoms. The molecule has 1 saturated carbocycles. The molecule has 0 aromatic heterocycles. The van der Waals surface area contributed by atoms with Crippen molar-refractivity contribution in [1.82, 2.24) is 0 Å². The molecule has 0 saturated heterocycles. The van der Waals surface area contributed by atoms with Crippen LogP contribution in [-0.4, -0.2) is 19.5 Å². The van der Waals surface area contributed by atoms with Crippen LogP contribution in [0, 0.1) is 5.82 Å². The van der Waals surface area contributed by atoms with E-state index in [1.165, 1.54) is 12.1 Å². The highest BCUT2D eigenvalue weighted by Crippen LogP contribution is 2.43. The summed E-state index contributed by atoms with van der Waals surface area (Å²) in [4.78, 5) is 12.1. The Bertz CT molecular complexity index is 1390. The average molecular weight is 474 g/mol. The number of sulfonamides is 1. The first-order valence-electron chi connectivity index (χ1n) is 9.87. The number of ether oxygens (including phenoxy) is 1. The van der Waals surface area contributed by atoms with Crippen LogP contribution < -0.4 is 4.72 Å². The number of cyclic esters (lactones) is 1. The van der Waals surface area contributed by atoms with E-state index in [1.807, 2.05) is 6.07 Å². The number of phenolic OH excluding ortho intramolecular Hbond substituents is 1. The van der Waals surface area contributed by atoms with Crippen molar-refractivity contribution >= 4 is 33.3 Å². The van der Waals surface area contributed by atoms with Crippen LogP contribution in [0.25, 0.3) is 11.1 Å². The molecule has 6 nitrogen and oxygen atoms in total. The number of aromatic hydroxyl groups is 1. The summed E-state index contributed by atoms with van der Waals surface area (Å²) < 4.78 is 48.0. The second kappa shape index (κ2) is 7.50. The Hall–Kier alpha value is -3.10. The number of carbonyl (C=O) groups excluding carboxylic acids is 1. The van der Waals surface area contributed by atoms with E-state index in [-0.39, 0.29) is 22.9 Å². The predicted octanol–water partition coefficient (Wildman–Crippen LogP) is 5.20. The molecule has 0 unspecified atom stereocenters. The van der Waals surface area contributed by atoms with Gasteiger partial charge in [0, 0.05) is 11.3 Å². The van der Waals surface area contributed by atoms with Crippen molar-refractivity contribution in [3.63, 3.8) is 0 Å². The minimum absolute atomic E-state index is 0.157. The van der Waals surface area contributed by atoms with Gasteiger partial charge in [-0.05, 0) is 71.8 Å². The molecule has 1 aliphatic heterocycles. The summed E-state index contributed by atoms with van der Waals surface area (Å²) in [6.45, 7) is -0.233. The van der Waals surface area contributed by atoms with E-state index in [4.69, 9.17) is 16.3 Å².